The van der Waals surface area contributed by atoms with Crippen LogP contribution in [0.5, 0.6) is 0 Å². The highest BCUT2D eigenvalue weighted by Crippen LogP contribution is 2.20. The molecule has 5 nitrogen and oxygen atoms in total. The molecule has 0 aliphatic rings. The number of nitrogens with zero attached hydrogens (tertiary/aromatic N) is 1. The minimum Gasteiger partial charge on any atom is -0.370 e. The third-order valence-corrected chi connectivity index (χ3v) is 2.97. The minimum atomic E-state index is -5.84. The van der Waals surface area contributed by atoms with Gasteiger partial charge in [-0.05, 0) is 17.7 Å². The molecule has 0 aliphatic carbocycles. The van der Waals surface area contributed by atoms with Crippen LogP contribution in [0.4, 0.5) is 13.2 Å². The second-order valence-electron chi connectivity index (χ2n) is 4.22. The third kappa shape index (κ3) is 7.73. The van der Waals surface area contributed by atoms with Gasteiger partial charge >= 0.3 is 15.6 Å². The summed E-state index contributed by atoms with van der Waals surface area (Å²) >= 11 is 0. The van der Waals surface area contributed by atoms with Crippen LogP contribution in [0.3, 0.4) is 0 Å². The van der Waals surface area contributed by atoms with E-state index >= 15 is 0 Å². The number of aromatic nitrogens is 1. The molecule has 0 radical (unpaired) electrons. The average molecular weight is 349 g/mol. The minimum absolute atomic E-state index is 0.565. The lowest BCUT2D eigenvalue weighted by atomic mass is 10.2. The first kappa shape index (κ1) is 19.1. The van der Waals surface area contributed by atoms with Gasteiger partial charge in [-0.3, -0.25) is 9.54 Å². The van der Waals surface area contributed by atoms with E-state index in [4.69, 9.17) is 17.7 Å². The van der Waals surface area contributed by atoms with Crippen molar-refractivity contribution in [2.24, 2.45) is 0 Å². The molecule has 0 amide bonds. The summed E-state index contributed by atoms with van der Waals surface area (Å²) in [6.07, 6.45) is 1.78. The Labute approximate surface area is 131 Å². The largest absolute Gasteiger partial charge is 0.522 e. The first-order valence-corrected chi connectivity index (χ1v) is 7.69. The maximum absolute atomic E-state index is 10.7. The number of hydrogen-bond acceptors (Lipinski definition) is 4. The van der Waals surface area contributed by atoms with Gasteiger partial charge in [0, 0.05) is 6.20 Å². The molecule has 1 heterocycles. The summed E-state index contributed by atoms with van der Waals surface area (Å²) in [7, 11) is -5.84. The maximum Gasteiger partial charge on any atom is 0.522 e. The first-order chi connectivity index (χ1) is 10.7. The van der Waals surface area contributed by atoms with Crippen LogP contribution in [0, 0.1) is 0 Å². The summed E-state index contributed by atoms with van der Waals surface area (Å²) in [5.74, 6) is 0. The molecule has 0 bridgehead atoms. The van der Waals surface area contributed by atoms with Crippen LogP contribution >= 0.6 is 0 Å². The Morgan fingerprint density at radius 2 is 1.57 bits per heavy atom. The van der Waals surface area contributed by atoms with Crippen molar-refractivity contribution in [3.05, 3.63) is 66.0 Å². The van der Waals surface area contributed by atoms with E-state index in [0.717, 1.165) is 5.69 Å². The van der Waals surface area contributed by atoms with E-state index in [1.165, 1.54) is 5.56 Å². The van der Waals surface area contributed by atoms with Gasteiger partial charge in [-0.1, -0.05) is 36.4 Å². The van der Waals surface area contributed by atoms with Crippen molar-refractivity contribution >= 4 is 10.1 Å². The van der Waals surface area contributed by atoms with E-state index in [0.29, 0.717) is 13.2 Å². The van der Waals surface area contributed by atoms with Gasteiger partial charge in [0.05, 0.1) is 18.9 Å². The Hall–Kier alpha value is -1.97. The monoisotopic (exact) mass is 349 g/mol. The van der Waals surface area contributed by atoms with Crippen molar-refractivity contribution in [2.75, 3.05) is 0 Å². The van der Waals surface area contributed by atoms with Crippen LogP contribution in [-0.4, -0.2) is 23.5 Å². The molecule has 0 unspecified atom stereocenters. The molecule has 1 N–H and O–H groups in total. The number of benzene rings is 1. The molecule has 2 aromatic rings. The summed E-state index contributed by atoms with van der Waals surface area (Å²) in [5.41, 5.74) is -3.38. The predicted octanol–water partition coefficient (Wildman–Crippen LogP) is 3.19. The SMILES string of the molecule is O=S(=O)(O)C(F)(F)F.c1ccc(COCc2ccccn2)cc1. The van der Waals surface area contributed by atoms with E-state index in [9.17, 15) is 13.2 Å². The highest BCUT2D eigenvalue weighted by molar-refractivity contribution is 7.86. The molecule has 0 aliphatic heterocycles. The number of halogens is 3. The van der Waals surface area contributed by atoms with Crippen molar-refractivity contribution in [1.82, 2.24) is 4.98 Å². The van der Waals surface area contributed by atoms with Crippen molar-refractivity contribution in [3.8, 4) is 0 Å². The lowest BCUT2D eigenvalue weighted by Crippen LogP contribution is -2.21. The van der Waals surface area contributed by atoms with E-state index in [1.807, 2.05) is 36.4 Å². The zero-order chi connectivity index (χ0) is 17.3. The molecule has 9 heteroatoms. The molecule has 1 aromatic carbocycles. The number of rotatable bonds is 4. The second kappa shape index (κ2) is 8.61. The Bertz CT molecular complexity index is 637. The Morgan fingerprint density at radius 1 is 1.00 bits per heavy atom. The fourth-order valence-electron chi connectivity index (χ4n) is 1.33. The molecule has 0 fully saturated rings. The number of ether oxygens (including phenoxy) is 1. The van der Waals surface area contributed by atoms with Crippen LogP contribution in [0.15, 0.2) is 54.7 Å². The molecule has 23 heavy (non-hydrogen) atoms. The van der Waals surface area contributed by atoms with Crippen LogP contribution in [0.2, 0.25) is 0 Å². The lowest BCUT2D eigenvalue weighted by molar-refractivity contribution is -0.0510. The van der Waals surface area contributed by atoms with E-state index in [2.05, 4.69) is 17.1 Å². The Balaban J connectivity index is 0.000000284. The van der Waals surface area contributed by atoms with Gasteiger partial charge < -0.3 is 4.74 Å². The number of hydrogen-bond donors (Lipinski definition) is 1. The van der Waals surface area contributed by atoms with Crippen LogP contribution in [0.25, 0.3) is 0 Å². The van der Waals surface area contributed by atoms with Gasteiger partial charge in [0.25, 0.3) is 0 Å². The number of pyridine rings is 1. The topological polar surface area (TPSA) is 76.5 Å². The zero-order valence-electron chi connectivity index (χ0n) is 11.8. The van der Waals surface area contributed by atoms with Gasteiger partial charge in [-0.2, -0.15) is 21.6 Å². The molecule has 0 spiro atoms. The Kier molecular flexibility index (Phi) is 7.14. The smallest absolute Gasteiger partial charge is 0.370 e. The highest BCUT2D eigenvalue weighted by atomic mass is 32.2. The third-order valence-electron chi connectivity index (χ3n) is 2.38. The van der Waals surface area contributed by atoms with E-state index in [-0.39, 0.29) is 0 Å². The van der Waals surface area contributed by atoms with Crippen molar-refractivity contribution in [1.29, 1.82) is 0 Å². The van der Waals surface area contributed by atoms with Gasteiger partial charge in [0.2, 0.25) is 0 Å². The zero-order valence-corrected chi connectivity index (χ0v) is 12.6. The summed E-state index contributed by atoms with van der Waals surface area (Å²) in [4.78, 5) is 4.18. The second-order valence-corrected chi connectivity index (χ2v) is 5.63. The van der Waals surface area contributed by atoms with E-state index < -0.39 is 15.6 Å². The fraction of sp³-hybridized carbons (Fsp3) is 0.214. The molecule has 0 saturated carbocycles. The van der Waals surface area contributed by atoms with E-state index in [1.54, 1.807) is 6.20 Å². The molecular weight excluding hydrogens is 335 g/mol. The van der Waals surface area contributed by atoms with Crippen molar-refractivity contribution in [3.63, 3.8) is 0 Å². The van der Waals surface area contributed by atoms with Crippen LogP contribution in [-0.2, 0) is 28.1 Å². The molecule has 1 aromatic heterocycles. The van der Waals surface area contributed by atoms with Crippen LogP contribution in [0.1, 0.15) is 11.3 Å². The van der Waals surface area contributed by atoms with Gasteiger partial charge in [-0.15, -0.1) is 0 Å². The molecule has 2 rings (SSSR count). The highest BCUT2D eigenvalue weighted by Gasteiger charge is 2.44. The van der Waals surface area contributed by atoms with Crippen molar-refractivity contribution in [2.45, 2.75) is 18.7 Å². The quantitative estimate of drug-likeness (QED) is 0.678. The normalized spacial score (nSPS) is 11.5. The predicted molar refractivity (Wildman–Crippen MR) is 76.8 cm³/mol. The summed E-state index contributed by atoms with van der Waals surface area (Å²) in [6.45, 7) is 1.20. The standard InChI is InChI=1S/C13H13NO.CHF3O3S/c1-2-6-12(7-3-1)10-15-11-13-8-4-5-9-14-13;2-1(3,4)8(5,6)7/h1-9H,10-11H2;(H,5,6,7). The summed E-state index contributed by atoms with van der Waals surface area (Å²) in [6, 6.07) is 16.0. The van der Waals surface area contributed by atoms with Gasteiger partial charge in [0.15, 0.2) is 0 Å². The maximum atomic E-state index is 10.7. The molecular formula is C14H14F3NO4S. The fourth-order valence-corrected chi connectivity index (χ4v) is 1.33. The number of alkyl halides is 3. The first-order valence-electron chi connectivity index (χ1n) is 6.25. The molecule has 0 saturated heterocycles. The van der Waals surface area contributed by atoms with Gasteiger partial charge in [-0.25, -0.2) is 0 Å². The Morgan fingerprint density at radius 3 is 2.04 bits per heavy atom. The van der Waals surface area contributed by atoms with Crippen LogP contribution < -0.4 is 0 Å². The molecule has 0 atom stereocenters. The lowest BCUT2D eigenvalue weighted by Gasteiger charge is -2.03. The average Bonchev–Trinajstić information content (AvgIpc) is 2.48. The summed E-state index contributed by atoms with van der Waals surface area (Å²) in [5, 5.41) is 0. The molecule has 126 valence electrons. The van der Waals surface area contributed by atoms with Gasteiger partial charge in [0.1, 0.15) is 0 Å². The van der Waals surface area contributed by atoms with Crippen molar-refractivity contribution < 1.29 is 30.9 Å². The summed E-state index contributed by atoms with van der Waals surface area (Å²) < 4.78 is 63.1.